The van der Waals surface area contributed by atoms with Crippen molar-refractivity contribution in [1.82, 2.24) is 10.2 Å². The monoisotopic (exact) mass is 229 g/mol. The standard InChI is InChI=1S/C14H19N3/c1-3-10(2)11-4-6-12(7-5-11)14(15)13-8-9-16-17-13/h4-10,14H,3,15H2,1-2H3,(H,16,17). The number of hydrogen-bond acceptors (Lipinski definition) is 2. The van der Waals surface area contributed by atoms with Crippen LogP contribution in [0.3, 0.4) is 0 Å². The second-order valence-electron chi connectivity index (χ2n) is 4.47. The fourth-order valence-electron chi connectivity index (χ4n) is 1.89. The van der Waals surface area contributed by atoms with Crippen LogP contribution in [0.1, 0.15) is 49.0 Å². The van der Waals surface area contributed by atoms with Gasteiger partial charge in [-0.05, 0) is 29.5 Å². The highest BCUT2D eigenvalue weighted by molar-refractivity contribution is 5.31. The summed E-state index contributed by atoms with van der Waals surface area (Å²) < 4.78 is 0. The first-order chi connectivity index (χ1) is 8.22. The van der Waals surface area contributed by atoms with Crippen LogP contribution in [0.5, 0.6) is 0 Å². The molecule has 2 aromatic rings. The van der Waals surface area contributed by atoms with Crippen molar-refractivity contribution in [2.75, 3.05) is 0 Å². The lowest BCUT2D eigenvalue weighted by Crippen LogP contribution is -2.12. The maximum Gasteiger partial charge on any atom is 0.0720 e. The summed E-state index contributed by atoms with van der Waals surface area (Å²) in [6, 6.07) is 10.3. The lowest BCUT2D eigenvalue weighted by atomic mass is 9.95. The van der Waals surface area contributed by atoms with E-state index in [9.17, 15) is 0 Å². The molecule has 2 atom stereocenters. The normalized spacial score (nSPS) is 14.5. The third-order valence-corrected chi connectivity index (χ3v) is 3.33. The number of nitrogens with two attached hydrogens (primary N) is 1. The van der Waals surface area contributed by atoms with Gasteiger partial charge in [0.2, 0.25) is 0 Å². The minimum atomic E-state index is -0.122. The molecule has 1 heterocycles. The van der Waals surface area contributed by atoms with Gasteiger partial charge in [0.05, 0.1) is 11.7 Å². The molecule has 0 saturated heterocycles. The Labute approximate surface area is 102 Å². The van der Waals surface area contributed by atoms with Crippen LogP contribution in [-0.2, 0) is 0 Å². The minimum Gasteiger partial charge on any atom is -0.319 e. The molecule has 3 N–H and O–H groups in total. The molecule has 90 valence electrons. The lowest BCUT2D eigenvalue weighted by Gasteiger charge is -2.13. The van der Waals surface area contributed by atoms with Crippen molar-refractivity contribution >= 4 is 0 Å². The molecule has 0 aliphatic rings. The number of aromatic amines is 1. The van der Waals surface area contributed by atoms with Crippen molar-refractivity contribution in [2.45, 2.75) is 32.2 Å². The van der Waals surface area contributed by atoms with E-state index in [4.69, 9.17) is 5.73 Å². The number of nitrogens with one attached hydrogen (secondary N) is 1. The molecule has 0 amide bonds. The fourth-order valence-corrected chi connectivity index (χ4v) is 1.89. The van der Waals surface area contributed by atoms with E-state index in [1.54, 1.807) is 6.20 Å². The highest BCUT2D eigenvalue weighted by Crippen LogP contribution is 2.22. The number of hydrogen-bond donors (Lipinski definition) is 2. The molecule has 3 heteroatoms. The van der Waals surface area contributed by atoms with Gasteiger partial charge in [0, 0.05) is 6.20 Å². The number of rotatable bonds is 4. The number of H-pyrrole nitrogens is 1. The third kappa shape index (κ3) is 2.56. The highest BCUT2D eigenvalue weighted by atomic mass is 15.1. The van der Waals surface area contributed by atoms with E-state index in [0.29, 0.717) is 5.92 Å². The molecule has 0 aliphatic heterocycles. The Kier molecular flexibility index (Phi) is 3.59. The molecule has 2 rings (SSSR count). The van der Waals surface area contributed by atoms with E-state index in [-0.39, 0.29) is 6.04 Å². The number of nitrogens with zero attached hydrogens (tertiary/aromatic N) is 1. The Bertz CT molecular complexity index is 445. The minimum absolute atomic E-state index is 0.122. The summed E-state index contributed by atoms with van der Waals surface area (Å²) in [5, 5.41) is 6.83. The molecule has 1 aromatic carbocycles. The fraction of sp³-hybridized carbons (Fsp3) is 0.357. The first-order valence-corrected chi connectivity index (χ1v) is 6.07. The van der Waals surface area contributed by atoms with Crippen LogP contribution in [0, 0.1) is 0 Å². The van der Waals surface area contributed by atoms with E-state index in [0.717, 1.165) is 17.7 Å². The van der Waals surface area contributed by atoms with Crippen molar-refractivity contribution in [3.63, 3.8) is 0 Å². The van der Waals surface area contributed by atoms with Gasteiger partial charge < -0.3 is 5.73 Å². The molecule has 0 aliphatic carbocycles. The van der Waals surface area contributed by atoms with Crippen molar-refractivity contribution in [2.24, 2.45) is 5.73 Å². The van der Waals surface area contributed by atoms with Crippen LogP contribution in [0.25, 0.3) is 0 Å². The molecule has 0 saturated carbocycles. The van der Waals surface area contributed by atoms with Crippen LogP contribution < -0.4 is 5.73 Å². The largest absolute Gasteiger partial charge is 0.319 e. The Hall–Kier alpha value is -1.61. The molecule has 2 unspecified atom stereocenters. The first-order valence-electron chi connectivity index (χ1n) is 6.07. The topological polar surface area (TPSA) is 54.7 Å². The second-order valence-corrected chi connectivity index (χ2v) is 4.47. The van der Waals surface area contributed by atoms with Gasteiger partial charge >= 0.3 is 0 Å². The third-order valence-electron chi connectivity index (χ3n) is 3.33. The van der Waals surface area contributed by atoms with Crippen LogP contribution in [0.15, 0.2) is 36.5 Å². The summed E-state index contributed by atoms with van der Waals surface area (Å²) >= 11 is 0. The Balaban J connectivity index is 2.18. The molecule has 1 aromatic heterocycles. The van der Waals surface area contributed by atoms with E-state index >= 15 is 0 Å². The average molecular weight is 229 g/mol. The summed E-state index contributed by atoms with van der Waals surface area (Å²) in [5.41, 5.74) is 9.57. The van der Waals surface area contributed by atoms with E-state index in [1.165, 1.54) is 5.56 Å². The zero-order chi connectivity index (χ0) is 12.3. The van der Waals surface area contributed by atoms with Gasteiger partial charge in [-0.15, -0.1) is 0 Å². The predicted octanol–water partition coefficient (Wildman–Crippen LogP) is 2.97. The summed E-state index contributed by atoms with van der Waals surface area (Å²) in [5.74, 6) is 0.604. The maximum atomic E-state index is 6.15. The van der Waals surface area contributed by atoms with Gasteiger partial charge in [-0.3, -0.25) is 5.10 Å². The van der Waals surface area contributed by atoms with Gasteiger partial charge in [0.15, 0.2) is 0 Å². The quantitative estimate of drug-likeness (QED) is 0.846. The summed E-state index contributed by atoms with van der Waals surface area (Å²) in [4.78, 5) is 0. The van der Waals surface area contributed by atoms with Crippen molar-refractivity contribution in [1.29, 1.82) is 0 Å². The van der Waals surface area contributed by atoms with E-state index in [2.05, 4.69) is 48.3 Å². The predicted molar refractivity (Wildman–Crippen MR) is 69.8 cm³/mol. The van der Waals surface area contributed by atoms with E-state index < -0.39 is 0 Å². The Morgan fingerprint density at radius 2 is 1.82 bits per heavy atom. The smallest absolute Gasteiger partial charge is 0.0720 e. The van der Waals surface area contributed by atoms with Gasteiger partial charge in [-0.25, -0.2) is 0 Å². The van der Waals surface area contributed by atoms with E-state index in [1.807, 2.05) is 6.07 Å². The maximum absolute atomic E-state index is 6.15. The SMILES string of the molecule is CCC(C)c1ccc(C(N)c2ccn[nH]2)cc1. The second kappa shape index (κ2) is 5.15. The first kappa shape index (κ1) is 11.9. The van der Waals surface area contributed by atoms with Crippen LogP contribution in [-0.4, -0.2) is 10.2 Å². The highest BCUT2D eigenvalue weighted by Gasteiger charge is 2.10. The summed E-state index contributed by atoms with van der Waals surface area (Å²) in [6.07, 6.45) is 2.88. The average Bonchev–Trinajstić information content (AvgIpc) is 2.91. The van der Waals surface area contributed by atoms with Crippen LogP contribution >= 0.6 is 0 Å². The molecular weight excluding hydrogens is 210 g/mol. The lowest BCUT2D eigenvalue weighted by molar-refractivity contribution is 0.731. The van der Waals surface area contributed by atoms with Gasteiger partial charge in [0.1, 0.15) is 0 Å². The van der Waals surface area contributed by atoms with Crippen LogP contribution in [0.2, 0.25) is 0 Å². The van der Waals surface area contributed by atoms with Gasteiger partial charge in [-0.1, -0.05) is 38.1 Å². The van der Waals surface area contributed by atoms with Gasteiger partial charge in [-0.2, -0.15) is 5.10 Å². The van der Waals surface area contributed by atoms with Crippen molar-refractivity contribution < 1.29 is 0 Å². The number of aromatic nitrogens is 2. The van der Waals surface area contributed by atoms with Gasteiger partial charge in [0.25, 0.3) is 0 Å². The Morgan fingerprint density at radius 3 is 2.35 bits per heavy atom. The molecule has 0 spiro atoms. The molecule has 3 nitrogen and oxygen atoms in total. The molecular formula is C14H19N3. The van der Waals surface area contributed by atoms with Crippen LogP contribution in [0.4, 0.5) is 0 Å². The van der Waals surface area contributed by atoms with Crippen molar-refractivity contribution in [3.05, 3.63) is 53.3 Å². The summed E-state index contributed by atoms with van der Waals surface area (Å²) in [7, 11) is 0. The number of benzene rings is 1. The summed E-state index contributed by atoms with van der Waals surface area (Å²) in [6.45, 7) is 4.44. The zero-order valence-electron chi connectivity index (χ0n) is 10.4. The molecule has 17 heavy (non-hydrogen) atoms. The Morgan fingerprint density at radius 1 is 1.18 bits per heavy atom. The molecule has 0 radical (unpaired) electrons. The molecule has 0 bridgehead atoms. The zero-order valence-corrected chi connectivity index (χ0v) is 10.4. The van der Waals surface area contributed by atoms with Crippen molar-refractivity contribution in [3.8, 4) is 0 Å². The molecule has 0 fully saturated rings.